The van der Waals surface area contributed by atoms with E-state index in [4.69, 9.17) is 0 Å². The molecule has 0 bridgehead atoms. The van der Waals surface area contributed by atoms with Crippen molar-refractivity contribution in [2.45, 2.75) is 46.1 Å². The number of fused-ring (bicyclic) bond motifs is 1. The molecule has 3 rings (SSSR count). The lowest BCUT2D eigenvalue weighted by Crippen LogP contribution is -2.28. The van der Waals surface area contributed by atoms with E-state index in [2.05, 4.69) is 31.7 Å². The molecule has 1 aliphatic carbocycles. The molecule has 1 saturated heterocycles. The van der Waals surface area contributed by atoms with Crippen LogP contribution >= 0.6 is 0 Å². The van der Waals surface area contributed by atoms with Crippen LogP contribution in [0.4, 0.5) is 0 Å². The van der Waals surface area contributed by atoms with Crippen molar-refractivity contribution < 1.29 is 5.11 Å². The SMILES string of the molecule is CC(C)(C)C1CCN(C2CCc3c(O)cccc32)C1. The molecule has 19 heavy (non-hydrogen) atoms. The van der Waals surface area contributed by atoms with Gasteiger partial charge in [-0.25, -0.2) is 0 Å². The number of hydrogen-bond donors (Lipinski definition) is 1. The molecule has 2 heteroatoms. The maximum absolute atomic E-state index is 9.95. The highest BCUT2D eigenvalue weighted by atomic mass is 16.3. The Balaban J connectivity index is 1.79. The molecule has 1 fully saturated rings. The summed E-state index contributed by atoms with van der Waals surface area (Å²) in [5.74, 6) is 1.29. The molecule has 0 amide bonds. The molecule has 1 heterocycles. The number of phenols is 1. The van der Waals surface area contributed by atoms with Gasteiger partial charge in [0.1, 0.15) is 5.75 Å². The summed E-state index contributed by atoms with van der Waals surface area (Å²) in [7, 11) is 0. The Kier molecular flexibility index (Phi) is 3.09. The summed E-state index contributed by atoms with van der Waals surface area (Å²) in [5, 5.41) is 9.95. The Bertz CT molecular complexity index is 475. The van der Waals surface area contributed by atoms with E-state index in [1.165, 1.54) is 37.1 Å². The number of aromatic hydroxyl groups is 1. The second-order valence-electron chi connectivity index (χ2n) is 7.25. The Morgan fingerprint density at radius 3 is 2.68 bits per heavy atom. The third-order valence-corrected chi connectivity index (χ3v) is 5.10. The van der Waals surface area contributed by atoms with Gasteiger partial charge in [0.15, 0.2) is 0 Å². The van der Waals surface area contributed by atoms with Crippen LogP contribution in [0, 0.1) is 11.3 Å². The maximum Gasteiger partial charge on any atom is 0.119 e. The first-order valence-corrected chi connectivity index (χ1v) is 7.51. The molecule has 2 atom stereocenters. The summed E-state index contributed by atoms with van der Waals surface area (Å²) >= 11 is 0. The van der Waals surface area contributed by atoms with Crippen molar-refractivity contribution in [2.24, 2.45) is 11.3 Å². The molecule has 2 aliphatic rings. The molecule has 2 nitrogen and oxygen atoms in total. The van der Waals surface area contributed by atoms with E-state index in [0.29, 0.717) is 17.2 Å². The van der Waals surface area contributed by atoms with Gasteiger partial charge in [-0.2, -0.15) is 0 Å². The molecular weight excluding hydrogens is 234 g/mol. The Hall–Kier alpha value is -1.02. The topological polar surface area (TPSA) is 23.5 Å². The van der Waals surface area contributed by atoms with E-state index in [1.807, 2.05) is 12.1 Å². The lowest BCUT2D eigenvalue weighted by atomic mass is 9.80. The fourth-order valence-electron chi connectivity index (χ4n) is 3.77. The molecule has 104 valence electrons. The van der Waals surface area contributed by atoms with Crippen LogP contribution < -0.4 is 0 Å². The fourth-order valence-corrected chi connectivity index (χ4v) is 3.77. The summed E-state index contributed by atoms with van der Waals surface area (Å²) in [6.07, 6.45) is 3.52. The van der Waals surface area contributed by atoms with Crippen molar-refractivity contribution in [1.29, 1.82) is 0 Å². The molecule has 1 aliphatic heterocycles. The van der Waals surface area contributed by atoms with Crippen LogP contribution in [0.1, 0.15) is 50.8 Å². The normalized spacial score (nSPS) is 27.7. The molecule has 1 N–H and O–H groups in total. The van der Waals surface area contributed by atoms with E-state index in [0.717, 1.165) is 12.3 Å². The number of likely N-dealkylation sites (tertiary alicyclic amines) is 1. The lowest BCUT2D eigenvalue weighted by Gasteiger charge is -2.29. The summed E-state index contributed by atoms with van der Waals surface area (Å²) < 4.78 is 0. The fraction of sp³-hybridized carbons (Fsp3) is 0.647. The largest absolute Gasteiger partial charge is 0.508 e. The van der Waals surface area contributed by atoms with Crippen LogP contribution in [0.25, 0.3) is 0 Å². The van der Waals surface area contributed by atoms with Gasteiger partial charge in [-0.1, -0.05) is 32.9 Å². The molecule has 2 unspecified atom stereocenters. The van der Waals surface area contributed by atoms with Crippen LogP contribution in [0.2, 0.25) is 0 Å². The molecular formula is C17H25NO. The predicted molar refractivity (Wildman–Crippen MR) is 78.3 cm³/mol. The monoisotopic (exact) mass is 259 g/mol. The Labute approximate surface area is 116 Å². The first-order valence-electron chi connectivity index (χ1n) is 7.51. The summed E-state index contributed by atoms with van der Waals surface area (Å²) in [6, 6.07) is 6.55. The summed E-state index contributed by atoms with van der Waals surface area (Å²) in [4.78, 5) is 2.64. The van der Waals surface area contributed by atoms with Crippen molar-refractivity contribution in [1.82, 2.24) is 4.90 Å². The number of hydrogen-bond acceptors (Lipinski definition) is 2. The van der Waals surface area contributed by atoms with Crippen molar-refractivity contribution in [3.8, 4) is 5.75 Å². The first-order chi connectivity index (χ1) is 8.97. The highest BCUT2D eigenvalue weighted by Gasteiger charge is 2.37. The summed E-state index contributed by atoms with van der Waals surface area (Å²) in [5.41, 5.74) is 2.97. The van der Waals surface area contributed by atoms with Gasteiger partial charge in [-0.15, -0.1) is 0 Å². The van der Waals surface area contributed by atoms with E-state index < -0.39 is 0 Å². The van der Waals surface area contributed by atoms with Gasteiger partial charge in [0.25, 0.3) is 0 Å². The highest BCUT2D eigenvalue weighted by Crippen LogP contribution is 2.43. The van der Waals surface area contributed by atoms with Gasteiger partial charge in [0.2, 0.25) is 0 Å². The van der Waals surface area contributed by atoms with Gasteiger partial charge in [-0.3, -0.25) is 4.90 Å². The molecule has 0 spiro atoms. The van der Waals surface area contributed by atoms with Crippen molar-refractivity contribution >= 4 is 0 Å². The number of phenolic OH excluding ortho intramolecular Hbond substituents is 1. The zero-order valence-electron chi connectivity index (χ0n) is 12.3. The zero-order valence-corrected chi connectivity index (χ0v) is 12.3. The van der Waals surface area contributed by atoms with Crippen molar-refractivity contribution in [2.75, 3.05) is 13.1 Å². The molecule has 1 aromatic rings. The van der Waals surface area contributed by atoms with Crippen LogP contribution in [0.5, 0.6) is 5.75 Å². The minimum atomic E-state index is 0.412. The lowest BCUT2D eigenvalue weighted by molar-refractivity contribution is 0.194. The quantitative estimate of drug-likeness (QED) is 0.830. The van der Waals surface area contributed by atoms with Gasteiger partial charge in [0, 0.05) is 12.6 Å². The molecule has 0 radical (unpaired) electrons. The van der Waals surface area contributed by atoms with Gasteiger partial charge >= 0.3 is 0 Å². The third kappa shape index (κ3) is 2.27. The Morgan fingerprint density at radius 1 is 1.21 bits per heavy atom. The van der Waals surface area contributed by atoms with Gasteiger partial charge in [0.05, 0.1) is 0 Å². The number of benzene rings is 1. The standard InChI is InChI=1S/C17H25NO/c1-17(2,3)12-9-10-18(11-12)15-8-7-14-13(15)5-4-6-16(14)19/h4-6,12,15,19H,7-11H2,1-3H3. The highest BCUT2D eigenvalue weighted by molar-refractivity contribution is 5.44. The second-order valence-corrected chi connectivity index (χ2v) is 7.25. The van der Waals surface area contributed by atoms with Crippen molar-refractivity contribution in [3.05, 3.63) is 29.3 Å². The van der Waals surface area contributed by atoms with E-state index in [-0.39, 0.29) is 0 Å². The molecule has 0 saturated carbocycles. The number of nitrogens with zero attached hydrogens (tertiary/aromatic N) is 1. The van der Waals surface area contributed by atoms with Gasteiger partial charge < -0.3 is 5.11 Å². The van der Waals surface area contributed by atoms with Crippen LogP contribution in [0.3, 0.4) is 0 Å². The Morgan fingerprint density at radius 2 is 2.00 bits per heavy atom. The van der Waals surface area contributed by atoms with Crippen molar-refractivity contribution in [3.63, 3.8) is 0 Å². The molecule has 0 aromatic heterocycles. The van der Waals surface area contributed by atoms with Gasteiger partial charge in [-0.05, 0) is 54.3 Å². The minimum Gasteiger partial charge on any atom is -0.508 e. The average Bonchev–Trinajstić information content (AvgIpc) is 2.93. The third-order valence-electron chi connectivity index (χ3n) is 5.10. The smallest absolute Gasteiger partial charge is 0.119 e. The van der Waals surface area contributed by atoms with E-state index >= 15 is 0 Å². The average molecular weight is 259 g/mol. The first kappa shape index (κ1) is 13.0. The zero-order chi connectivity index (χ0) is 13.6. The van der Waals surface area contributed by atoms with Crippen LogP contribution in [0.15, 0.2) is 18.2 Å². The minimum absolute atomic E-state index is 0.412. The number of rotatable bonds is 1. The van der Waals surface area contributed by atoms with E-state index in [9.17, 15) is 5.11 Å². The molecule has 1 aromatic carbocycles. The van der Waals surface area contributed by atoms with Crippen LogP contribution in [-0.2, 0) is 6.42 Å². The van der Waals surface area contributed by atoms with E-state index in [1.54, 1.807) is 0 Å². The maximum atomic E-state index is 9.95. The van der Waals surface area contributed by atoms with Crippen LogP contribution in [-0.4, -0.2) is 23.1 Å². The predicted octanol–water partition coefficient (Wildman–Crippen LogP) is 3.75. The summed E-state index contributed by atoms with van der Waals surface area (Å²) in [6.45, 7) is 9.49. The second kappa shape index (κ2) is 4.52.